The van der Waals surface area contributed by atoms with Crippen LogP contribution in [0.25, 0.3) is 0 Å². The summed E-state index contributed by atoms with van der Waals surface area (Å²) in [5, 5.41) is 0. The Hall–Kier alpha value is -1.48. The lowest BCUT2D eigenvalue weighted by Crippen LogP contribution is -2.00. The Labute approximate surface area is 110 Å². The fraction of sp³-hybridized carbons (Fsp3) is 0.143. The highest BCUT2D eigenvalue weighted by atomic mass is 79.9. The zero-order chi connectivity index (χ0) is 12.3. The van der Waals surface area contributed by atoms with E-state index in [1.807, 2.05) is 49.4 Å². The number of nitrogen functional groups attached to an aromatic ring is 1. The van der Waals surface area contributed by atoms with E-state index in [4.69, 9.17) is 10.5 Å². The first-order valence-corrected chi connectivity index (χ1v) is 6.18. The predicted octanol–water partition coefficient (Wildman–Crippen LogP) is 3.92. The number of aryl methyl sites for hydroxylation is 1. The molecule has 0 radical (unpaired) electrons. The normalized spacial score (nSPS) is 10.2. The second-order valence-electron chi connectivity index (χ2n) is 3.92. The third-order valence-electron chi connectivity index (χ3n) is 2.49. The van der Waals surface area contributed by atoms with E-state index in [0.717, 1.165) is 21.3 Å². The van der Waals surface area contributed by atoms with Crippen LogP contribution in [0.15, 0.2) is 46.9 Å². The van der Waals surface area contributed by atoms with Gasteiger partial charge in [-0.1, -0.05) is 46.3 Å². The molecule has 0 aromatic heterocycles. The number of rotatable bonds is 3. The molecule has 0 bridgehead atoms. The molecule has 2 N–H and O–H groups in total. The van der Waals surface area contributed by atoms with Crippen molar-refractivity contribution in [3.8, 4) is 5.75 Å². The van der Waals surface area contributed by atoms with Crippen molar-refractivity contribution in [1.29, 1.82) is 0 Å². The molecule has 0 fully saturated rings. The van der Waals surface area contributed by atoms with E-state index in [9.17, 15) is 0 Å². The Balaban J connectivity index is 2.15. The zero-order valence-corrected chi connectivity index (χ0v) is 11.2. The molecule has 0 amide bonds. The maximum atomic E-state index is 5.93. The molecule has 3 heteroatoms. The molecule has 0 atom stereocenters. The van der Waals surface area contributed by atoms with Crippen LogP contribution in [0.4, 0.5) is 5.69 Å². The van der Waals surface area contributed by atoms with Gasteiger partial charge in [-0.2, -0.15) is 0 Å². The molecule has 0 aliphatic rings. The van der Waals surface area contributed by atoms with Gasteiger partial charge in [0.15, 0.2) is 0 Å². The second kappa shape index (κ2) is 5.23. The van der Waals surface area contributed by atoms with Gasteiger partial charge in [0.05, 0.1) is 5.69 Å². The van der Waals surface area contributed by atoms with Crippen molar-refractivity contribution in [1.82, 2.24) is 0 Å². The van der Waals surface area contributed by atoms with E-state index in [1.54, 1.807) is 0 Å². The van der Waals surface area contributed by atoms with Gasteiger partial charge in [-0.15, -0.1) is 0 Å². The molecule has 2 rings (SSSR count). The van der Waals surface area contributed by atoms with Gasteiger partial charge in [0, 0.05) is 4.47 Å². The number of anilines is 1. The van der Waals surface area contributed by atoms with Crippen molar-refractivity contribution in [3.05, 3.63) is 58.1 Å². The van der Waals surface area contributed by atoms with Crippen molar-refractivity contribution in [3.63, 3.8) is 0 Å². The summed E-state index contributed by atoms with van der Waals surface area (Å²) in [6, 6.07) is 13.9. The number of halogens is 1. The summed E-state index contributed by atoms with van der Waals surface area (Å²) >= 11 is 3.41. The largest absolute Gasteiger partial charge is 0.486 e. The summed E-state index contributed by atoms with van der Waals surface area (Å²) < 4.78 is 6.73. The molecule has 0 spiro atoms. The van der Waals surface area contributed by atoms with Crippen LogP contribution in [0.2, 0.25) is 0 Å². The fourth-order valence-corrected chi connectivity index (χ4v) is 2.27. The number of hydrogen-bond donors (Lipinski definition) is 1. The van der Waals surface area contributed by atoms with Gasteiger partial charge in [0.25, 0.3) is 0 Å². The molecule has 2 aromatic carbocycles. The van der Waals surface area contributed by atoms with Gasteiger partial charge < -0.3 is 10.5 Å². The number of benzene rings is 2. The summed E-state index contributed by atoms with van der Waals surface area (Å²) in [5.74, 6) is 0.761. The molecular formula is C14H14BrNO. The summed E-state index contributed by atoms with van der Waals surface area (Å²) in [6.07, 6.45) is 0. The van der Waals surface area contributed by atoms with Crippen molar-refractivity contribution in [2.24, 2.45) is 0 Å². The monoisotopic (exact) mass is 291 g/mol. The molecule has 88 valence electrons. The number of nitrogens with two attached hydrogens (primary N) is 1. The minimum Gasteiger partial charge on any atom is -0.486 e. The molecular weight excluding hydrogens is 278 g/mol. The maximum Gasteiger partial charge on any atom is 0.145 e. The summed E-state index contributed by atoms with van der Waals surface area (Å²) in [4.78, 5) is 0. The topological polar surface area (TPSA) is 35.2 Å². The van der Waals surface area contributed by atoms with E-state index in [2.05, 4.69) is 15.9 Å². The lowest BCUT2D eigenvalue weighted by atomic mass is 10.2. The average Bonchev–Trinajstić information content (AvgIpc) is 2.29. The van der Waals surface area contributed by atoms with Crippen LogP contribution in [-0.4, -0.2) is 0 Å². The van der Waals surface area contributed by atoms with Gasteiger partial charge in [-0.05, 0) is 30.2 Å². The van der Waals surface area contributed by atoms with Gasteiger partial charge >= 0.3 is 0 Å². The lowest BCUT2D eigenvalue weighted by molar-refractivity contribution is 0.306. The van der Waals surface area contributed by atoms with Gasteiger partial charge in [0.1, 0.15) is 12.4 Å². The van der Waals surface area contributed by atoms with Crippen molar-refractivity contribution in [2.45, 2.75) is 13.5 Å². The van der Waals surface area contributed by atoms with Crippen LogP contribution in [0, 0.1) is 6.92 Å². The molecule has 0 heterocycles. The van der Waals surface area contributed by atoms with Crippen LogP contribution in [0.1, 0.15) is 11.1 Å². The highest BCUT2D eigenvalue weighted by Crippen LogP contribution is 2.30. The van der Waals surface area contributed by atoms with E-state index in [0.29, 0.717) is 12.3 Å². The zero-order valence-electron chi connectivity index (χ0n) is 9.61. The quantitative estimate of drug-likeness (QED) is 0.870. The van der Waals surface area contributed by atoms with E-state index in [1.165, 1.54) is 0 Å². The SMILES string of the molecule is Cc1cc(Br)cc(N)c1OCc1ccccc1. The van der Waals surface area contributed by atoms with E-state index in [-0.39, 0.29) is 0 Å². The molecule has 0 aliphatic heterocycles. The first-order valence-electron chi connectivity index (χ1n) is 5.39. The van der Waals surface area contributed by atoms with Gasteiger partial charge in [-0.25, -0.2) is 0 Å². The third kappa shape index (κ3) is 3.01. The van der Waals surface area contributed by atoms with Crippen molar-refractivity contribution in [2.75, 3.05) is 5.73 Å². The summed E-state index contributed by atoms with van der Waals surface area (Å²) in [7, 11) is 0. The first-order chi connectivity index (χ1) is 8.16. The number of ether oxygens (including phenoxy) is 1. The molecule has 0 aliphatic carbocycles. The molecule has 0 saturated heterocycles. The highest BCUT2D eigenvalue weighted by Gasteiger charge is 2.06. The minimum atomic E-state index is 0.535. The van der Waals surface area contributed by atoms with Crippen LogP contribution >= 0.6 is 15.9 Å². The Morgan fingerprint density at radius 3 is 2.53 bits per heavy atom. The highest BCUT2D eigenvalue weighted by molar-refractivity contribution is 9.10. The first kappa shape index (κ1) is 12.0. The predicted molar refractivity (Wildman–Crippen MR) is 74.1 cm³/mol. The molecule has 0 unspecified atom stereocenters. The third-order valence-corrected chi connectivity index (χ3v) is 2.95. The smallest absolute Gasteiger partial charge is 0.145 e. The number of hydrogen-bond acceptors (Lipinski definition) is 2. The Bertz CT molecular complexity index is 488. The van der Waals surface area contributed by atoms with Crippen LogP contribution in [-0.2, 0) is 6.61 Å². The van der Waals surface area contributed by atoms with Crippen LogP contribution in [0.5, 0.6) is 5.75 Å². The minimum absolute atomic E-state index is 0.535. The maximum absolute atomic E-state index is 5.93. The van der Waals surface area contributed by atoms with Crippen LogP contribution in [0.3, 0.4) is 0 Å². The van der Waals surface area contributed by atoms with E-state index >= 15 is 0 Å². The average molecular weight is 292 g/mol. The van der Waals surface area contributed by atoms with Gasteiger partial charge in [0.2, 0.25) is 0 Å². The Morgan fingerprint density at radius 1 is 1.18 bits per heavy atom. The summed E-state index contributed by atoms with van der Waals surface area (Å²) in [6.45, 7) is 2.52. The Kier molecular flexibility index (Phi) is 3.69. The molecule has 17 heavy (non-hydrogen) atoms. The second-order valence-corrected chi connectivity index (χ2v) is 4.83. The Morgan fingerprint density at radius 2 is 1.88 bits per heavy atom. The fourth-order valence-electron chi connectivity index (χ4n) is 1.68. The van der Waals surface area contributed by atoms with Gasteiger partial charge in [-0.3, -0.25) is 0 Å². The van der Waals surface area contributed by atoms with Crippen LogP contribution < -0.4 is 10.5 Å². The molecule has 0 saturated carbocycles. The lowest BCUT2D eigenvalue weighted by Gasteiger charge is -2.12. The standard InChI is InChI=1S/C14H14BrNO/c1-10-7-12(15)8-13(16)14(10)17-9-11-5-3-2-4-6-11/h2-8H,9,16H2,1H3. The van der Waals surface area contributed by atoms with Crippen molar-refractivity contribution < 1.29 is 4.74 Å². The molecule has 2 nitrogen and oxygen atoms in total. The molecule has 2 aromatic rings. The van der Waals surface area contributed by atoms with E-state index < -0.39 is 0 Å². The summed E-state index contributed by atoms with van der Waals surface area (Å²) in [5.41, 5.74) is 8.76. The van der Waals surface area contributed by atoms with Crippen molar-refractivity contribution >= 4 is 21.6 Å².